The summed E-state index contributed by atoms with van der Waals surface area (Å²) in [6.45, 7) is 9.91. The number of carbonyl (C=O) groups excluding carboxylic acids is 1. The number of carbonyl (C=O) groups is 1. The van der Waals surface area contributed by atoms with E-state index in [-0.39, 0.29) is 5.97 Å². The zero-order valence-electron chi connectivity index (χ0n) is 18.9. The van der Waals surface area contributed by atoms with Crippen LogP contribution in [0.5, 0.6) is 0 Å². The van der Waals surface area contributed by atoms with E-state index < -0.39 is 0 Å². The Morgan fingerprint density at radius 2 is 1.00 bits per heavy atom. The monoisotopic (exact) mass is 383 g/mol. The molecular formula is C24H49NO2. The lowest BCUT2D eigenvalue weighted by molar-refractivity contribution is -0.145. The summed E-state index contributed by atoms with van der Waals surface area (Å²) in [6, 6.07) is 0. The smallest absolute Gasteiger partial charge is 0.320 e. The highest BCUT2D eigenvalue weighted by molar-refractivity contribution is 5.71. The molecule has 0 fully saturated rings. The first-order valence-corrected chi connectivity index (χ1v) is 12.1. The quantitative estimate of drug-likeness (QED) is 0.156. The molecule has 0 spiro atoms. The molecule has 0 aromatic carbocycles. The van der Waals surface area contributed by atoms with Crippen LogP contribution >= 0.6 is 0 Å². The first-order chi connectivity index (χ1) is 13.2. The van der Waals surface area contributed by atoms with Crippen LogP contribution in [0.4, 0.5) is 0 Å². The first kappa shape index (κ1) is 26.4. The largest absolute Gasteiger partial charge is 0.465 e. The van der Waals surface area contributed by atoms with Crippen molar-refractivity contribution in [2.75, 3.05) is 26.2 Å². The van der Waals surface area contributed by atoms with Gasteiger partial charge in [0, 0.05) is 0 Å². The van der Waals surface area contributed by atoms with E-state index in [1.165, 1.54) is 96.3 Å². The molecule has 0 amide bonds. The Labute approximate surface area is 170 Å². The molecule has 3 heteroatoms. The average Bonchev–Trinajstić information content (AvgIpc) is 2.67. The van der Waals surface area contributed by atoms with Gasteiger partial charge in [0.05, 0.1) is 13.2 Å². The highest BCUT2D eigenvalue weighted by atomic mass is 16.5. The van der Waals surface area contributed by atoms with Gasteiger partial charge < -0.3 is 4.74 Å². The molecule has 0 aromatic rings. The van der Waals surface area contributed by atoms with Crippen molar-refractivity contribution in [1.82, 2.24) is 4.90 Å². The summed E-state index contributed by atoms with van der Waals surface area (Å²) in [5.41, 5.74) is 0. The lowest BCUT2D eigenvalue weighted by Gasteiger charge is -2.21. The number of hydrogen-bond donors (Lipinski definition) is 0. The van der Waals surface area contributed by atoms with Gasteiger partial charge in [-0.05, 0) is 32.4 Å². The number of unbranched alkanes of at least 4 members (excludes halogenated alkanes) is 13. The predicted octanol–water partition coefficient (Wildman–Crippen LogP) is 7.13. The average molecular weight is 384 g/mol. The number of esters is 1. The SMILES string of the molecule is CCCCCCCCCCOC(=O)CN(CCCCCC)CCCCCC. The van der Waals surface area contributed by atoms with Crippen LogP contribution in [0.15, 0.2) is 0 Å². The van der Waals surface area contributed by atoms with Crippen molar-refractivity contribution in [3.05, 3.63) is 0 Å². The maximum Gasteiger partial charge on any atom is 0.320 e. The topological polar surface area (TPSA) is 29.5 Å². The number of rotatable bonds is 21. The van der Waals surface area contributed by atoms with Crippen molar-refractivity contribution in [2.45, 2.75) is 124 Å². The van der Waals surface area contributed by atoms with Crippen LogP contribution in [0.3, 0.4) is 0 Å². The maximum atomic E-state index is 12.2. The Balaban J connectivity index is 3.80. The van der Waals surface area contributed by atoms with Gasteiger partial charge in [-0.3, -0.25) is 9.69 Å². The predicted molar refractivity (Wildman–Crippen MR) is 118 cm³/mol. The molecule has 0 heterocycles. The summed E-state index contributed by atoms with van der Waals surface area (Å²) in [5, 5.41) is 0. The molecule has 0 saturated carbocycles. The molecule has 0 aromatic heterocycles. The Morgan fingerprint density at radius 3 is 1.48 bits per heavy atom. The second-order valence-electron chi connectivity index (χ2n) is 8.09. The van der Waals surface area contributed by atoms with Gasteiger partial charge in [-0.25, -0.2) is 0 Å². The molecule has 162 valence electrons. The summed E-state index contributed by atoms with van der Waals surface area (Å²) < 4.78 is 5.49. The highest BCUT2D eigenvalue weighted by Gasteiger charge is 2.11. The Hall–Kier alpha value is -0.570. The van der Waals surface area contributed by atoms with E-state index in [1.54, 1.807) is 0 Å². The standard InChI is InChI=1S/C24H49NO2/c1-4-7-10-13-14-15-16-19-22-27-24(26)23-25(20-17-11-8-5-2)21-18-12-9-6-3/h4-23H2,1-3H3. The summed E-state index contributed by atoms with van der Waals surface area (Å²) >= 11 is 0. The van der Waals surface area contributed by atoms with Gasteiger partial charge in [0.25, 0.3) is 0 Å². The van der Waals surface area contributed by atoms with Gasteiger partial charge in [0.1, 0.15) is 0 Å². The van der Waals surface area contributed by atoms with Crippen molar-refractivity contribution < 1.29 is 9.53 Å². The molecule has 0 N–H and O–H groups in total. The van der Waals surface area contributed by atoms with Gasteiger partial charge in [-0.2, -0.15) is 0 Å². The zero-order chi connectivity index (χ0) is 20.0. The Kier molecular flexibility index (Phi) is 21.3. The molecule has 0 unspecified atom stereocenters. The van der Waals surface area contributed by atoms with E-state index in [9.17, 15) is 4.79 Å². The molecule has 0 aliphatic carbocycles. The van der Waals surface area contributed by atoms with Gasteiger partial charge in [0.2, 0.25) is 0 Å². The molecule has 27 heavy (non-hydrogen) atoms. The van der Waals surface area contributed by atoms with Crippen molar-refractivity contribution >= 4 is 5.97 Å². The van der Waals surface area contributed by atoms with Crippen molar-refractivity contribution in [3.63, 3.8) is 0 Å². The second-order valence-corrected chi connectivity index (χ2v) is 8.09. The minimum Gasteiger partial charge on any atom is -0.465 e. The minimum atomic E-state index is -0.0241. The van der Waals surface area contributed by atoms with Crippen LogP contribution in [0, 0.1) is 0 Å². The van der Waals surface area contributed by atoms with Gasteiger partial charge in [-0.1, -0.05) is 104 Å². The third-order valence-electron chi connectivity index (χ3n) is 5.27. The van der Waals surface area contributed by atoms with E-state index in [0.29, 0.717) is 13.2 Å². The van der Waals surface area contributed by atoms with Crippen molar-refractivity contribution in [1.29, 1.82) is 0 Å². The molecule has 3 nitrogen and oxygen atoms in total. The van der Waals surface area contributed by atoms with E-state index >= 15 is 0 Å². The van der Waals surface area contributed by atoms with E-state index in [2.05, 4.69) is 25.7 Å². The normalized spacial score (nSPS) is 11.3. The lowest BCUT2D eigenvalue weighted by atomic mass is 10.1. The number of hydrogen-bond acceptors (Lipinski definition) is 3. The molecule has 0 aliphatic heterocycles. The van der Waals surface area contributed by atoms with Crippen molar-refractivity contribution in [3.8, 4) is 0 Å². The van der Waals surface area contributed by atoms with Crippen molar-refractivity contribution in [2.24, 2.45) is 0 Å². The molecule has 0 atom stereocenters. The third kappa shape index (κ3) is 20.0. The van der Waals surface area contributed by atoms with E-state index in [0.717, 1.165) is 19.5 Å². The summed E-state index contributed by atoms with van der Waals surface area (Å²) in [5.74, 6) is -0.0241. The molecular weight excluding hydrogens is 334 g/mol. The minimum absolute atomic E-state index is 0.0241. The summed E-state index contributed by atoms with van der Waals surface area (Å²) in [6.07, 6.45) is 20.3. The first-order valence-electron chi connectivity index (χ1n) is 12.1. The molecule has 0 rings (SSSR count). The fourth-order valence-corrected chi connectivity index (χ4v) is 3.44. The number of ether oxygens (including phenoxy) is 1. The van der Waals surface area contributed by atoms with Gasteiger partial charge >= 0.3 is 5.97 Å². The fourth-order valence-electron chi connectivity index (χ4n) is 3.44. The van der Waals surface area contributed by atoms with Gasteiger partial charge in [-0.15, -0.1) is 0 Å². The maximum absolute atomic E-state index is 12.2. The fraction of sp³-hybridized carbons (Fsp3) is 0.958. The summed E-state index contributed by atoms with van der Waals surface area (Å²) in [4.78, 5) is 14.5. The Morgan fingerprint density at radius 1 is 0.593 bits per heavy atom. The number of nitrogens with zero attached hydrogens (tertiary/aromatic N) is 1. The molecule has 0 saturated heterocycles. The van der Waals surface area contributed by atoms with Crippen LogP contribution in [-0.2, 0) is 9.53 Å². The van der Waals surface area contributed by atoms with Crippen LogP contribution in [0.25, 0.3) is 0 Å². The van der Waals surface area contributed by atoms with Crippen LogP contribution in [0.2, 0.25) is 0 Å². The molecule has 0 radical (unpaired) electrons. The second kappa shape index (κ2) is 21.7. The van der Waals surface area contributed by atoms with E-state index in [4.69, 9.17) is 4.74 Å². The summed E-state index contributed by atoms with van der Waals surface area (Å²) in [7, 11) is 0. The highest BCUT2D eigenvalue weighted by Crippen LogP contribution is 2.09. The Bertz CT molecular complexity index is 295. The molecule has 0 bridgehead atoms. The van der Waals surface area contributed by atoms with E-state index in [1.807, 2.05) is 0 Å². The third-order valence-corrected chi connectivity index (χ3v) is 5.27. The van der Waals surface area contributed by atoms with Crippen LogP contribution < -0.4 is 0 Å². The van der Waals surface area contributed by atoms with Gasteiger partial charge in [0.15, 0.2) is 0 Å². The molecule has 0 aliphatic rings. The zero-order valence-corrected chi connectivity index (χ0v) is 18.9. The lowest BCUT2D eigenvalue weighted by Crippen LogP contribution is -2.33. The van der Waals surface area contributed by atoms with Crippen LogP contribution in [-0.4, -0.2) is 37.1 Å². The van der Waals surface area contributed by atoms with Crippen LogP contribution in [0.1, 0.15) is 124 Å².